The van der Waals surface area contributed by atoms with Crippen molar-refractivity contribution in [2.24, 2.45) is 0 Å². The second kappa shape index (κ2) is 9.18. The van der Waals surface area contributed by atoms with E-state index in [9.17, 15) is 9.59 Å². The lowest BCUT2D eigenvalue weighted by molar-refractivity contribution is -0.115. The molecule has 35 heavy (non-hydrogen) atoms. The van der Waals surface area contributed by atoms with Crippen molar-refractivity contribution in [2.75, 3.05) is 5.32 Å². The number of anilines is 1. The average Bonchev–Trinajstić information content (AvgIpc) is 3.26. The van der Waals surface area contributed by atoms with E-state index in [0.717, 1.165) is 50.5 Å². The number of hydrogen-bond acceptors (Lipinski definition) is 3. The summed E-state index contributed by atoms with van der Waals surface area (Å²) in [4.78, 5) is 25.7. The Bertz CT molecular complexity index is 1460. The molecule has 0 atom stereocenters. The number of fused-ring (bicyclic) bond motifs is 1. The fourth-order valence-electron chi connectivity index (χ4n) is 4.69. The van der Waals surface area contributed by atoms with Crippen molar-refractivity contribution in [1.82, 2.24) is 9.78 Å². The Balaban J connectivity index is 1.61. The molecule has 0 radical (unpaired) electrons. The first kappa shape index (κ1) is 22.5. The second-order valence-corrected chi connectivity index (χ2v) is 8.88. The summed E-state index contributed by atoms with van der Waals surface area (Å²) in [6.07, 6.45) is 1.04. The summed E-state index contributed by atoms with van der Waals surface area (Å²) in [6.45, 7) is 5.78. The number of nitrogens with one attached hydrogen (secondary N) is 1. The fraction of sp³-hybridized carbons (Fsp3) is 0.167. The van der Waals surface area contributed by atoms with Crippen LogP contribution in [-0.2, 0) is 11.2 Å². The van der Waals surface area contributed by atoms with Crippen LogP contribution in [0.3, 0.4) is 0 Å². The van der Waals surface area contributed by atoms with E-state index in [4.69, 9.17) is 5.10 Å². The topological polar surface area (TPSA) is 64.0 Å². The molecule has 0 spiro atoms. The van der Waals surface area contributed by atoms with Crippen molar-refractivity contribution in [2.45, 2.75) is 33.6 Å². The number of hydrogen-bond donors (Lipinski definition) is 1. The maximum Gasteiger partial charge on any atom is 0.279 e. The van der Waals surface area contributed by atoms with Gasteiger partial charge in [0.15, 0.2) is 0 Å². The van der Waals surface area contributed by atoms with Crippen molar-refractivity contribution in [3.05, 3.63) is 101 Å². The molecule has 174 valence electrons. The third-order valence-electron chi connectivity index (χ3n) is 6.47. The van der Waals surface area contributed by atoms with Crippen LogP contribution in [-0.4, -0.2) is 21.6 Å². The number of aromatic nitrogens is 2. The van der Waals surface area contributed by atoms with Gasteiger partial charge >= 0.3 is 0 Å². The van der Waals surface area contributed by atoms with E-state index < -0.39 is 0 Å². The molecule has 0 saturated heterocycles. The van der Waals surface area contributed by atoms with Gasteiger partial charge < -0.3 is 5.32 Å². The summed E-state index contributed by atoms with van der Waals surface area (Å²) in [5, 5.41) is 7.77. The van der Waals surface area contributed by atoms with Crippen LogP contribution in [0, 0.1) is 6.92 Å². The molecule has 5 heteroatoms. The number of allylic oxidation sites excluding steroid dienone is 2. The molecule has 0 unspecified atom stereocenters. The third-order valence-corrected chi connectivity index (χ3v) is 6.47. The van der Waals surface area contributed by atoms with E-state index in [1.54, 1.807) is 4.68 Å². The summed E-state index contributed by atoms with van der Waals surface area (Å²) >= 11 is 0. The molecule has 1 aromatic heterocycles. The lowest BCUT2D eigenvalue weighted by Crippen LogP contribution is -2.23. The maximum absolute atomic E-state index is 13.8. The molecule has 0 saturated carbocycles. The first-order valence-corrected chi connectivity index (χ1v) is 11.9. The van der Waals surface area contributed by atoms with Crippen molar-refractivity contribution in [3.8, 4) is 22.4 Å². The van der Waals surface area contributed by atoms with E-state index in [-0.39, 0.29) is 11.8 Å². The first-order chi connectivity index (χ1) is 17.0. The smallest absolute Gasteiger partial charge is 0.279 e. The number of rotatable bonds is 5. The quantitative estimate of drug-likeness (QED) is 0.367. The highest BCUT2D eigenvalue weighted by Crippen LogP contribution is 2.40. The van der Waals surface area contributed by atoms with Crippen molar-refractivity contribution in [1.29, 1.82) is 0 Å². The number of amides is 1. The average molecular weight is 462 g/mol. The largest absolute Gasteiger partial charge is 0.326 e. The summed E-state index contributed by atoms with van der Waals surface area (Å²) in [5.41, 5.74) is 8.92. The van der Waals surface area contributed by atoms with Gasteiger partial charge in [-0.1, -0.05) is 79.2 Å². The molecule has 1 N–H and O–H groups in total. The normalized spacial score (nSPS) is 13.1. The molecular weight excluding hydrogens is 434 g/mol. The third kappa shape index (κ3) is 4.10. The maximum atomic E-state index is 13.8. The summed E-state index contributed by atoms with van der Waals surface area (Å²) < 4.78 is 1.58. The molecule has 0 fully saturated rings. The van der Waals surface area contributed by atoms with E-state index in [0.29, 0.717) is 18.4 Å². The number of nitrogens with zero attached hydrogens (tertiary/aromatic N) is 2. The van der Waals surface area contributed by atoms with Crippen molar-refractivity contribution in [3.63, 3.8) is 0 Å². The molecule has 4 aromatic rings. The van der Waals surface area contributed by atoms with Gasteiger partial charge in [0.05, 0.1) is 5.69 Å². The van der Waals surface area contributed by atoms with Gasteiger partial charge in [-0.15, -0.1) is 0 Å². The van der Waals surface area contributed by atoms with E-state index in [1.165, 1.54) is 0 Å². The van der Waals surface area contributed by atoms with Crippen LogP contribution < -0.4 is 5.32 Å². The highest BCUT2D eigenvalue weighted by atomic mass is 16.2. The van der Waals surface area contributed by atoms with Crippen LogP contribution in [0.15, 0.2) is 84.4 Å². The minimum atomic E-state index is -0.132. The van der Waals surface area contributed by atoms with Crippen molar-refractivity contribution >= 4 is 23.1 Å². The molecule has 3 aromatic carbocycles. The SMILES string of the molecule is CCC(=O)Nc1ccc(C2=C(C)Cc3c(-c4ccccc4)c(-c4ccccc4)nn3C2=O)cc1C. The zero-order chi connectivity index (χ0) is 24.5. The molecule has 1 aliphatic rings. The number of benzene rings is 3. The lowest BCUT2D eigenvalue weighted by Gasteiger charge is -2.20. The molecule has 5 nitrogen and oxygen atoms in total. The van der Waals surface area contributed by atoms with Crippen LogP contribution in [0.2, 0.25) is 0 Å². The Morgan fingerprint density at radius 3 is 2.20 bits per heavy atom. The van der Waals surface area contributed by atoms with Crippen LogP contribution in [0.1, 0.15) is 41.9 Å². The van der Waals surface area contributed by atoms with Crippen LogP contribution in [0.5, 0.6) is 0 Å². The molecular formula is C30H27N3O2. The monoisotopic (exact) mass is 461 g/mol. The van der Waals surface area contributed by atoms with Crippen LogP contribution >= 0.6 is 0 Å². The highest BCUT2D eigenvalue weighted by molar-refractivity contribution is 6.23. The van der Waals surface area contributed by atoms with E-state index >= 15 is 0 Å². The molecule has 2 heterocycles. The standard InChI is InChI=1S/C30H27N3O2/c1-4-26(34)31-24-16-15-23(17-19(24)2)27-20(3)18-25-28(21-11-7-5-8-12-21)29(32-33(25)30(27)35)22-13-9-6-10-14-22/h5-17H,4,18H2,1-3H3,(H,31,34). The Kier molecular flexibility index (Phi) is 5.91. The number of carbonyl (C=O) groups excluding carboxylic acids is 2. The van der Waals surface area contributed by atoms with Crippen LogP contribution in [0.25, 0.3) is 28.0 Å². The predicted octanol–water partition coefficient (Wildman–Crippen LogP) is 6.54. The summed E-state index contributed by atoms with van der Waals surface area (Å²) in [6, 6.07) is 25.9. The van der Waals surface area contributed by atoms with Crippen LogP contribution in [0.4, 0.5) is 5.69 Å². The summed E-state index contributed by atoms with van der Waals surface area (Å²) in [7, 11) is 0. The Labute approximate surface area is 205 Å². The molecule has 0 bridgehead atoms. The van der Waals surface area contributed by atoms with Gasteiger partial charge in [0, 0.05) is 35.2 Å². The lowest BCUT2D eigenvalue weighted by atomic mass is 9.90. The fourth-order valence-corrected chi connectivity index (χ4v) is 4.69. The Hall–Kier alpha value is -4.25. The van der Waals surface area contributed by atoms with Gasteiger partial charge in [-0.05, 0) is 42.7 Å². The first-order valence-electron chi connectivity index (χ1n) is 11.9. The molecule has 1 amide bonds. The minimum Gasteiger partial charge on any atom is -0.326 e. The van der Waals surface area contributed by atoms with E-state index in [1.807, 2.05) is 87.5 Å². The minimum absolute atomic E-state index is 0.0342. The van der Waals surface area contributed by atoms with Gasteiger partial charge in [0.25, 0.3) is 5.91 Å². The molecule has 0 aliphatic carbocycles. The van der Waals surface area contributed by atoms with E-state index in [2.05, 4.69) is 17.4 Å². The second-order valence-electron chi connectivity index (χ2n) is 8.88. The Morgan fingerprint density at radius 2 is 1.57 bits per heavy atom. The number of aryl methyl sites for hydroxylation is 1. The molecule has 5 rings (SSSR count). The highest BCUT2D eigenvalue weighted by Gasteiger charge is 2.31. The van der Waals surface area contributed by atoms with Gasteiger partial charge in [-0.2, -0.15) is 9.78 Å². The van der Waals surface area contributed by atoms with Gasteiger partial charge in [0.1, 0.15) is 5.69 Å². The van der Waals surface area contributed by atoms with Gasteiger partial charge in [0.2, 0.25) is 5.91 Å². The summed E-state index contributed by atoms with van der Waals surface area (Å²) in [5.74, 6) is -0.166. The van der Waals surface area contributed by atoms with Gasteiger partial charge in [-0.3, -0.25) is 9.59 Å². The predicted molar refractivity (Wildman–Crippen MR) is 140 cm³/mol. The zero-order valence-electron chi connectivity index (χ0n) is 20.1. The van der Waals surface area contributed by atoms with Crippen molar-refractivity contribution < 1.29 is 9.59 Å². The Morgan fingerprint density at radius 1 is 0.914 bits per heavy atom. The number of carbonyl (C=O) groups is 2. The van der Waals surface area contributed by atoms with Gasteiger partial charge in [-0.25, -0.2) is 0 Å². The zero-order valence-corrected chi connectivity index (χ0v) is 20.1. The molecule has 1 aliphatic heterocycles.